The van der Waals surface area contributed by atoms with Crippen molar-refractivity contribution in [1.29, 1.82) is 0 Å². The van der Waals surface area contributed by atoms with Crippen molar-refractivity contribution in [3.8, 4) is 0 Å². The third kappa shape index (κ3) is 6.45. The fourth-order valence-corrected chi connectivity index (χ4v) is 5.09. The monoisotopic (exact) mass is 538 g/mol. The molecule has 0 saturated carbocycles. The number of nitro benzene ring substituents is 1. The highest BCUT2D eigenvalue weighted by atomic mass is 35.5. The van der Waals surface area contributed by atoms with Gasteiger partial charge in [0.15, 0.2) is 0 Å². The number of carbonyl (C=O) groups is 3. The van der Waals surface area contributed by atoms with E-state index in [1.54, 1.807) is 0 Å². The van der Waals surface area contributed by atoms with Crippen molar-refractivity contribution in [2.24, 2.45) is 0 Å². The van der Waals surface area contributed by atoms with Gasteiger partial charge in [-0.25, -0.2) is 8.42 Å². The lowest BCUT2D eigenvalue weighted by molar-refractivity contribution is -0.384. The molecule has 0 radical (unpaired) electrons. The molecule has 184 valence electrons. The fraction of sp³-hybridized carbons (Fsp3) is 0.190. The predicted molar refractivity (Wildman–Crippen MR) is 130 cm³/mol. The lowest BCUT2D eigenvalue weighted by Crippen LogP contribution is -2.42. The molecule has 35 heavy (non-hydrogen) atoms. The maximum Gasteiger partial charge on any atom is 0.293 e. The number of sulfonamides is 1. The van der Waals surface area contributed by atoms with Crippen molar-refractivity contribution in [1.82, 2.24) is 14.5 Å². The van der Waals surface area contributed by atoms with Crippen LogP contribution in [0.2, 0.25) is 5.02 Å². The molecule has 2 aromatic carbocycles. The highest BCUT2D eigenvalue weighted by Gasteiger charge is 2.34. The first-order valence-electron chi connectivity index (χ1n) is 9.97. The molecule has 0 unspecified atom stereocenters. The van der Waals surface area contributed by atoms with E-state index in [1.807, 2.05) is 0 Å². The first kappa shape index (κ1) is 26.3. The van der Waals surface area contributed by atoms with Gasteiger partial charge in [-0.1, -0.05) is 11.6 Å². The molecular weight excluding hydrogens is 520 g/mol. The number of non-ortho nitro benzene ring substituents is 1. The van der Waals surface area contributed by atoms with Gasteiger partial charge >= 0.3 is 0 Å². The average Bonchev–Trinajstić information content (AvgIpc) is 3.07. The van der Waals surface area contributed by atoms with Gasteiger partial charge < -0.3 is 5.32 Å². The van der Waals surface area contributed by atoms with Crippen LogP contribution >= 0.6 is 23.4 Å². The molecule has 1 aliphatic rings. The summed E-state index contributed by atoms with van der Waals surface area (Å²) < 4.78 is 26.0. The Morgan fingerprint density at radius 3 is 2.40 bits per heavy atom. The zero-order chi connectivity index (χ0) is 25.8. The Hall–Kier alpha value is -3.26. The highest BCUT2D eigenvalue weighted by molar-refractivity contribution is 8.18. The summed E-state index contributed by atoms with van der Waals surface area (Å²) in [5.74, 6) is -1.17. The van der Waals surface area contributed by atoms with Gasteiger partial charge in [-0.3, -0.25) is 29.4 Å². The standard InChI is InChI=1S/C21H19ClN4O7S2/c1-24(35(32,33)17-8-4-15(22)5-9-17)13-19(27)23-10-11-25-20(28)18(34-21(25)29)12-14-2-6-16(7-3-14)26(30)31/h2-9,12H,10-11,13H2,1H3,(H,23,27)/b18-12-. The SMILES string of the molecule is CN(CC(=O)NCCN1C(=O)S/C(=C\c2ccc([N+](=O)[O-])cc2)C1=O)S(=O)(=O)c1ccc(Cl)cc1. The molecule has 3 rings (SSSR count). The zero-order valence-corrected chi connectivity index (χ0v) is 20.6. The van der Waals surface area contributed by atoms with Crippen LogP contribution in [0.5, 0.6) is 0 Å². The van der Waals surface area contributed by atoms with Gasteiger partial charge in [-0.15, -0.1) is 0 Å². The fourth-order valence-electron chi connectivity index (χ4n) is 2.97. The number of carbonyl (C=O) groups excluding carboxylic acids is 3. The van der Waals surface area contributed by atoms with Crippen molar-refractivity contribution >= 4 is 62.2 Å². The van der Waals surface area contributed by atoms with Crippen molar-refractivity contribution in [2.45, 2.75) is 4.90 Å². The molecule has 1 heterocycles. The third-order valence-electron chi connectivity index (χ3n) is 4.82. The Kier molecular flexibility index (Phi) is 8.27. The molecule has 0 atom stereocenters. The number of imide groups is 1. The van der Waals surface area contributed by atoms with Crippen LogP contribution in [0.3, 0.4) is 0 Å². The number of rotatable bonds is 9. The zero-order valence-electron chi connectivity index (χ0n) is 18.2. The third-order valence-corrected chi connectivity index (χ3v) is 7.80. The lowest BCUT2D eigenvalue weighted by atomic mass is 10.2. The Balaban J connectivity index is 1.53. The molecule has 0 aromatic heterocycles. The summed E-state index contributed by atoms with van der Waals surface area (Å²) in [6.07, 6.45) is 1.45. The minimum absolute atomic E-state index is 0.0187. The van der Waals surface area contributed by atoms with Gasteiger partial charge in [0.05, 0.1) is 21.3 Å². The maximum absolute atomic E-state index is 12.6. The van der Waals surface area contributed by atoms with Crippen molar-refractivity contribution < 1.29 is 27.7 Å². The van der Waals surface area contributed by atoms with Crippen LogP contribution in [-0.4, -0.2) is 66.3 Å². The number of benzene rings is 2. The topological polar surface area (TPSA) is 147 Å². The van der Waals surface area contributed by atoms with Gasteiger partial charge in [0.1, 0.15) is 0 Å². The van der Waals surface area contributed by atoms with Crippen molar-refractivity contribution in [2.75, 3.05) is 26.7 Å². The van der Waals surface area contributed by atoms with E-state index in [-0.39, 0.29) is 28.6 Å². The number of nitrogens with one attached hydrogen (secondary N) is 1. The maximum atomic E-state index is 12.6. The summed E-state index contributed by atoms with van der Waals surface area (Å²) >= 11 is 6.48. The molecule has 14 heteroatoms. The second kappa shape index (κ2) is 11.0. The summed E-state index contributed by atoms with van der Waals surface area (Å²) in [5.41, 5.74) is 0.414. The summed E-state index contributed by atoms with van der Waals surface area (Å²) in [6.45, 7) is -0.648. The molecule has 11 nitrogen and oxygen atoms in total. The highest BCUT2D eigenvalue weighted by Crippen LogP contribution is 2.32. The van der Waals surface area contributed by atoms with Gasteiger partial charge in [0.25, 0.3) is 16.8 Å². The first-order chi connectivity index (χ1) is 16.5. The number of thioether (sulfide) groups is 1. The van der Waals surface area contributed by atoms with E-state index in [2.05, 4.69) is 5.32 Å². The van der Waals surface area contributed by atoms with E-state index in [4.69, 9.17) is 11.6 Å². The first-order valence-corrected chi connectivity index (χ1v) is 12.6. The van der Waals surface area contributed by atoms with Crippen LogP contribution in [0.15, 0.2) is 58.3 Å². The van der Waals surface area contributed by atoms with E-state index < -0.39 is 38.5 Å². The second-order valence-electron chi connectivity index (χ2n) is 7.25. The Bertz CT molecular complexity index is 1300. The summed E-state index contributed by atoms with van der Waals surface area (Å²) in [6, 6.07) is 11.0. The van der Waals surface area contributed by atoms with Crippen molar-refractivity contribution in [3.63, 3.8) is 0 Å². The number of amides is 3. The molecular formula is C21H19ClN4O7S2. The number of nitro groups is 1. The second-order valence-corrected chi connectivity index (χ2v) is 10.7. The summed E-state index contributed by atoms with van der Waals surface area (Å²) in [7, 11) is -2.65. The number of hydrogen-bond acceptors (Lipinski definition) is 8. The van der Waals surface area contributed by atoms with E-state index >= 15 is 0 Å². The van der Waals surface area contributed by atoms with E-state index in [0.29, 0.717) is 22.3 Å². The summed E-state index contributed by atoms with van der Waals surface area (Å²) in [5, 5.41) is 13.1. The van der Waals surface area contributed by atoms with Crippen molar-refractivity contribution in [3.05, 3.63) is 74.1 Å². The van der Waals surface area contributed by atoms with Gasteiger partial charge in [-0.2, -0.15) is 4.31 Å². The molecule has 1 aliphatic heterocycles. The van der Waals surface area contributed by atoms with Crippen LogP contribution in [0, 0.1) is 10.1 Å². The quantitative estimate of drug-likeness (QED) is 0.291. The Morgan fingerprint density at radius 1 is 1.17 bits per heavy atom. The minimum Gasteiger partial charge on any atom is -0.353 e. The van der Waals surface area contributed by atoms with Crippen LogP contribution in [0.25, 0.3) is 6.08 Å². The largest absolute Gasteiger partial charge is 0.353 e. The van der Waals surface area contributed by atoms with Crippen LogP contribution in [-0.2, 0) is 19.6 Å². The number of hydrogen-bond donors (Lipinski definition) is 1. The number of halogens is 1. The van der Waals surface area contributed by atoms with E-state index in [9.17, 15) is 32.9 Å². The van der Waals surface area contributed by atoms with Gasteiger partial charge in [-0.05, 0) is 59.8 Å². The Morgan fingerprint density at radius 2 is 1.80 bits per heavy atom. The number of likely N-dealkylation sites (N-methyl/N-ethyl adjacent to an activating group) is 1. The molecule has 1 fully saturated rings. The molecule has 1 N–H and O–H groups in total. The van der Waals surface area contributed by atoms with Crippen LogP contribution in [0.4, 0.5) is 10.5 Å². The predicted octanol–water partition coefficient (Wildman–Crippen LogP) is 2.72. The molecule has 1 saturated heterocycles. The molecule has 0 spiro atoms. The van der Waals surface area contributed by atoms with Crippen LogP contribution < -0.4 is 5.32 Å². The van der Waals surface area contributed by atoms with Gasteiger partial charge in [0, 0.05) is 37.3 Å². The smallest absolute Gasteiger partial charge is 0.293 e. The average molecular weight is 539 g/mol. The molecule has 3 amide bonds. The number of nitrogens with zero attached hydrogens (tertiary/aromatic N) is 3. The normalized spacial score (nSPS) is 15.2. The van der Waals surface area contributed by atoms with Crippen LogP contribution in [0.1, 0.15) is 5.56 Å². The molecule has 0 aliphatic carbocycles. The summed E-state index contributed by atoms with van der Waals surface area (Å²) in [4.78, 5) is 48.3. The molecule has 0 bridgehead atoms. The Labute approximate surface area is 209 Å². The molecule has 2 aromatic rings. The van der Waals surface area contributed by atoms with Gasteiger partial charge in [0.2, 0.25) is 15.9 Å². The van der Waals surface area contributed by atoms with E-state index in [1.165, 1.54) is 61.7 Å². The lowest BCUT2D eigenvalue weighted by Gasteiger charge is -2.18. The van der Waals surface area contributed by atoms with E-state index in [0.717, 1.165) is 9.21 Å². The minimum atomic E-state index is -3.91.